The molecule has 1 N–H and O–H groups in total. The molecule has 0 aliphatic rings. The molecule has 54 heavy (non-hydrogen) atoms. The summed E-state index contributed by atoms with van der Waals surface area (Å²) < 4.78 is 17.3. The number of nitrogens with zero attached hydrogens (tertiary/aromatic N) is 1. The molecule has 0 spiro atoms. The van der Waals surface area contributed by atoms with Gasteiger partial charge in [-0.05, 0) is 44.9 Å². The topological polar surface area (TPSA) is 99.1 Å². The Hall–Kier alpha value is -2.45. The van der Waals surface area contributed by atoms with Crippen LogP contribution in [-0.4, -0.2) is 80.6 Å². The first-order valence-electron chi connectivity index (χ1n) is 22.0. The fourth-order valence-electron chi connectivity index (χ4n) is 6.40. The Labute approximate surface area is 332 Å². The molecule has 0 saturated carbocycles. The number of rotatable bonds is 39. The second-order valence-corrected chi connectivity index (χ2v) is 15.9. The molecule has 314 valence electrons. The number of carboxylic acid groups (broad SMARTS) is 1. The van der Waals surface area contributed by atoms with Crippen LogP contribution in [0.2, 0.25) is 0 Å². The number of likely N-dealkylation sites (N-methyl/N-ethyl adjacent to an activating group) is 1. The molecule has 0 aliphatic heterocycles. The molecule has 0 aromatic carbocycles. The van der Waals surface area contributed by atoms with E-state index in [1.807, 2.05) is 21.1 Å². The largest absolute Gasteiger partial charge is 0.477 e. The van der Waals surface area contributed by atoms with Gasteiger partial charge in [-0.3, -0.25) is 9.59 Å². The van der Waals surface area contributed by atoms with Gasteiger partial charge in [-0.2, -0.15) is 0 Å². The summed E-state index contributed by atoms with van der Waals surface area (Å²) in [5.41, 5.74) is 0. The highest BCUT2D eigenvalue weighted by Gasteiger charge is 2.31. The number of aliphatic carboxylic acids is 1. The van der Waals surface area contributed by atoms with Crippen molar-refractivity contribution in [3.8, 4) is 0 Å². The molecular formula is C46H84NO7+. The maximum Gasteiger partial charge on any atom is 0.362 e. The lowest BCUT2D eigenvalue weighted by molar-refractivity contribution is -0.887. The zero-order chi connectivity index (χ0) is 40.0. The van der Waals surface area contributed by atoms with Gasteiger partial charge >= 0.3 is 17.9 Å². The second-order valence-electron chi connectivity index (χ2n) is 15.9. The first-order chi connectivity index (χ1) is 26.1. The zero-order valence-electron chi connectivity index (χ0n) is 35.7. The van der Waals surface area contributed by atoms with Gasteiger partial charge in [0.2, 0.25) is 0 Å². The van der Waals surface area contributed by atoms with Gasteiger partial charge in [0.05, 0.1) is 34.4 Å². The molecular weight excluding hydrogens is 679 g/mol. The Morgan fingerprint density at radius 2 is 1.04 bits per heavy atom. The lowest BCUT2D eigenvalue weighted by Gasteiger charge is -2.31. The molecule has 8 heteroatoms. The number of carboxylic acids is 1. The van der Waals surface area contributed by atoms with Crippen LogP contribution < -0.4 is 0 Å². The Kier molecular flexibility index (Phi) is 35.8. The van der Waals surface area contributed by atoms with E-state index >= 15 is 0 Å². The van der Waals surface area contributed by atoms with E-state index < -0.39 is 18.1 Å². The van der Waals surface area contributed by atoms with Crippen molar-refractivity contribution >= 4 is 17.9 Å². The van der Waals surface area contributed by atoms with Gasteiger partial charge in [0, 0.05) is 19.3 Å². The van der Waals surface area contributed by atoms with Crippen molar-refractivity contribution in [1.29, 1.82) is 0 Å². The quantitative estimate of drug-likeness (QED) is 0.0288. The van der Waals surface area contributed by atoms with Crippen LogP contribution in [0.15, 0.2) is 36.5 Å². The van der Waals surface area contributed by atoms with Gasteiger partial charge in [-0.15, -0.1) is 0 Å². The molecule has 2 unspecified atom stereocenters. The summed E-state index contributed by atoms with van der Waals surface area (Å²) in [5.74, 6) is -1.49. The average Bonchev–Trinajstić information content (AvgIpc) is 3.12. The van der Waals surface area contributed by atoms with Gasteiger partial charge in [-0.1, -0.05) is 159 Å². The molecule has 2 atom stereocenters. The minimum absolute atomic E-state index is 0.0562. The van der Waals surface area contributed by atoms with Crippen LogP contribution in [0.3, 0.4) is 0 Å². The first kappa shape index (κ1) is 51.5. The Morgan fingerprint density at radius 1 is 0.574 bits per heavy atom. The van der Waals surface area contributed by atoms with Gasteiger partial charge in [0.1, 0.15) is 6.61 Å². The monoisotopic (exact) mass is 763 g/mol. The number of hydrogen-bond donors (Lipinski definition) is 1. The smallest absolute Gasteiger partial charge is 0.362 e. The van der Waals surface area contributed by atoms with Crippen LogP contribution in [-0.2, 0) is 28.6 Å². The van der Waals surface area contributed by atoms with Gasteiger partial charge < -0.3 is 23.8 Å². The van der Waals surface area contributed by atoms with Crippen LogP contribution >= 0.6 is 0 Å². The number of unbranched alkanes of at least 4 members (excludes halogenated alkanes) is 19. The molecule has 8 nitrogen and oxygen atoms in total. The molecule has 0 heterocycles. The number of allylic oxidation sites excluding steroid dienone is 6. The molecule has 0 saturated heterocycles. The van der Waals surface area contributed by atoms with Crippen LogP contribution in [0, 0.1) is 0 Å². The number of hydrogen-bond acceptors (Lipinski definition) is 6. The maximum atomic E-state index is 12.7. The third-order valence-electron chi connectivity index (χ3n) is 9.80. The molecule has 0 bridgehead atoms. The van der Waals surface area contributed by atoms with E-state index in [0.717, 1.165) is 70.6 Å². The second kappa shape index (κ2) is 37.5. The van der Waals surface area contributed by atoms with Crippen molar-refractivity contribution in [2.75, 3.05) is 41.0 Å². The number of esters is 2. The van der Waals surface area contributed by atoms with E-state index in [1.165, 1.54) is 83.5 Å². The van der Waals surface area contributed by atoms with Crippen molar-refractivity contribution in [2.45, 2.75) is 199 Å². The molecule has 0 rings (SSSR count). The van der Waals surface area contributed by atoms with Crippen molar-refractivity contribution in [1.82, 2.24) is 0 Å². The lowest BCUT2D eigenvalue weighted by atomic mass is 10.0. The Bertz CT molecular complexity index is 984. The van der Waals surface area contributed by atoms with Crippen molar-refractivity contribution in [3.63, 3.8) is 0 Å². The number of quaternary nitrogens is 1. The fraction of sp³-hybridized carbons (Fsp3) is 0.804. The normalized spacial score (nSPS) is 13.3. The number of carbonyl (C=O) groups excluding carboxylic acids is 2. The third-order valence-corrected chi connectivity index (χ3v) is 9.80. The van der Waals surface area contributed by atoms with Crippen molar-refractivity contribution in [2.24, 2.45) is 0 Å². The first-order valence-corrected chi connectivity index (χ1v) is 22.0. The predicted molar refractivity (Wildman–Crippen MR) is 225 cm³/mol. The predicted octanol–water partition coefficient (Wildman–Crippen LogP) is 11.9. The third kappa shape index (κ3) is 35.3. The summed E-state index contributed by atoms with van der Waals surface area (Å²) in [4.78, 5) is 36.9. The van der Waals surface area contributed by atoms with Gasteiger partial charge in [0.15, 0.2) is 12.1 Å². The van der Waals surface area contributed by atoms with E-state index in [2.05, 4.69) is 50.3 Å². The lowest BCUT2D eigenvalue weighted by Crippen LogP contribution is -2.50. The van der Waals surface area contributed by atoms with Crippen LogP contribution in [0.5, 0.6) is 0 Å². The van der Waals surface area contributed by atoms with Crippen LogP contribution in [0.4, 0.5) is 0 Å². The Balaban J connectivity index is 4.36. The zero-order valence-corrected chi connectivity index (χ0v) is 35.7. The van der Waals surface area contributed by atoms with Crippen molar-refractivity contribution < 1.29 is 38.2 Å². The molecule has 0 fully saturated rings. The summed E-state index contributed by atoms with van der Waals surface area (Å²) in [7, 11) is 5.52. The Morgan fingerprint density at radius 3 is 1.54 bits per heavy atom. The number of ether oxygens (including phenoxy) is 3. The summed E-state index contributed by atoms with van der Waals surface area (Å²) in [6.45, 7) is 4.61. The SMILES string of the molecule is CC/C=C/C/C=C/C/C=C/CCCCCCC(=O)OCC(COCCC(C(=O)O)[N+](C)(C)C)OC(=O)CCCCCCCCCCCCCCCCCC. The number of carbonyl (C=O) groups is 3. The van der Waals surface area contributed by atoms with E-state index in [9.17, 15) is 19.5 Å². The standard InChI is InChI=1S/C46H83NO7/c1-6-8-10-12-14-16-18-20-22-23-25-27-29-31-33-35-37-45(49)54-42(40-52-39-38-43(46(50)51)47(3,4)5)41-53-44(48)36-34-32-30-28-26-24-21-19-17-15-13-11-9-7-2/h9,11,15,17,21,24,42-43H,6-8,10,12-14,16,18-20,22-23,25-41H2,1-5H3/p+1/b11-9+,17-15+,24-21+. The van der Waals surface area contributed by atoms with E-state index in [0.29, 0.717) is 19.3 Å². The minimum atomic E-state index is -0.878. The highest BCUT2D eigenvalue weighted by Crippen LogP contribution is 2.15. The van der Waals surface area contributed by atoms with Crippen LogP contribution in [0.1, 0.15) is 187 Å². The summed E-state index contributed by atoms with van der Waals surface area (Å²) >= 11 is 0. The summed E-state index contributed by atoms with van der Waals surface area (Å²) in [6, 6.07) is -0.616. The van der Waals surface area contributed by atoms with E-state index in [4.69, 9.17) is 14.2 Å². The van der Waals surface area contributed by atoms with E-state index in [-0.39, 0.29) is 36.2 Å². The van der Waals surface area contributed by atoms with Gasteiger partial charge in [-0.25, -0.2) is 4.79 Å². The fourth-order valence-corrected chi connectivity index (χ4v) is 6.40. The molecule has 0 aromatic heterocycles. The molecule has 0 aliphatic carbocycles. The maximum absolute atomic E-state index is 12.7. The average molecular weight is 763 g/mol. The molecule has 0 radical (unpaired) electrons. The molecule has 0 aromatic rings. The summed E-state index contributed by atoms with van der Waals surface area (Å²) in [6.07, 6.45) is 41.8. The summed E-state index contributed by atoms with van der Waals surface area (Å²) in [5, 5.41) is 9.61. The molecule has 0 amide bonds. The van der Waals surface area contributed by atoms with E-state index in [1.54, 1.807) is 0 Å². The minimum Gasteiger partial charge on any atom is -0.477 e. The highest BCUT2D eigenvalue weighted by molar-refractivity contribution is 5.72. The van der Waals surface area contributed by atoms with Crippen molar-refractivity contribution in [3.05, 3.63) is 36.5 Å². The highest BCUT2D eigenvalue weighted by atomic mass is 16.6. The van der Waals surface area contributed by atoms with Gasteiger partial charge in [0.25, 0.3) is 0 Å². The van der Waals surface area contributed by atoms with Crippen LogP contribution in [0.25, 0.3) is 0 Å².